The third kappa shape index (κ3) is 27.6. The van der Waals surface area contributed by atoms with Gasteiger partial charge in [0.2, 0.25) is 5.91 Å². The Hall–Kier alpha value is -2.25. The quantitative estimate of drug-likeness (QED) is 0.0250. The second-order valence-corrected chi connectivity index (χ2v) is 22.2. The summed E-state index contributed by atoms with van der Waals surface area (Å²) in [7, 11) is 0. The first-order valence-corrected chi connectivity index (χ1v) is 30.9. The van der Waals surface area contributed by atoms with E-state index in [2.05, 4.69) is 55.6 Å². The molecule has 19 nitrogen and oxygen atoms in total. The summed E-state index contributed by atoms with van der Waals surface area (Å²) in [5, 5.41) is 120. The van der Waals surface area contributed by atoms with Crippen LogP contribution in [0.2, 0.25) is 0 Å². The van der Waals surface area contributed by atoms with Crippen LogP contribution in [0.1, 0.15) is 200 Å². The molecule has 0 radical (unpaired) electrons. The molecule has 0 aromatic carbocycles. The monoisotopic (exact) mass is 1140 g/mol. The molecule has 0 aromatic heterocycles. The SMILES string of the molecule is CCCCC/C=C\C/C=C\CCCCCCCCCCCC(=O)NC(COC1OC(CO)C(OC2OC(CO)C(OC3OC(CO)C(O)C(O)C3O)C(O)C2O)C(O)C1O)C(O)/C=C/CC/C=C/CCCCCCCCCCCC. The van der Waals surface area contributed by atoms with Gasteiger partial charge in [0.05, 0.1) is 38.6 Å². The van der Waals surface area contributed by atoms with Crippen LogP contribution in [0.15, 0.2) is 48.6 Å². The van der Waals surface area contributed by atoms with E-state index in [0.717, 1.165) is 57.8 Å². The van der Waals surface area contributed by atoms with Crippen LogP contribution in [0.25, 0.3) is 0 Å². The highest BCUT2D eigenvalue weighted by molar-refractivity contribution is 5.76. The Morgan fingerprint density at radius 2 is 0.838 bits per heavy atom. The predicted molar refractivity (Wildman–Crippen MR) is 305 cm³/mol. The summed E-state index contributed by atoms with van der Waals surface area (Å²) in [6.07, 6.45) is 22.3. The number of nitrogens with one attached hydrogen (secondary N) is 1. The van der Waals surface area contributed by atoms with E-state index in [4.69, 9.17) is 28.4 Å². The zero-order chi connectivity index (χ0) is 58.3. The maximum absolute atomic E-state index is 13.3. The maximum Gasteiger partial charge on any atom is 0.220 e. The Bertz CT molecular complexity index is 1650. The van der Waals surface area contributed by atoms with Crippen molar-refractivity contribution in [3.05, 3.63) is 48.6 Å². The molecular formula is C61H109NO18. The number of aliphatic hydroxyl groups is 11. The molecular weight excluding hydrogens is 1030 g/mol. The fourth-order valence-electron chi connectivity index (χ4n) is 10.2. The zero-order valence-electron chi connectivity index (χ0n) is 48.5. The molecule has 80 heavy (non-hydrogen) atoms. The molecule has 17 atom stereocenters. The van der Waals surface area contributed by atoms with Gasteiger partial charge in [0.1, 0.15) is 73.2 Å². The molecule has 3 aliphatic rings. The zero-order valence-corrected chi connectivity index (χ0v) is 48.5. The van der Waals surface area contributed by atoms with Gasteiger partial charge in [0.15, 0.2) is 18.9 Å². The molecule has 19 heteroatoms. The van der Waals surface area contributed by atoms with E-state index in [0.29, 0.717) is 12.8 Å². The van der Waals surface area contributed by atoms with Crippen molar-refractivity contribution < 1.29 is 89.4 Å². The third-order valence-electron chi connectivity index (χ3n) is 15.3. The van der Waals surface area contributed by atoms with E-state index in [1.807, 2.05) is 6.08 Å². The second kappa shape index (κ2) is 44.3. The number of aliphatic hydroxyl groups excluding tert-OH is 11. The summed E-state index contributed by atoms with van der Waals surface area (Å²) in [4.78, 5) is 13.3. The van der Waals surface area contributed by atoms with Crippen LogP contribution in [-0.4, -0.2) is 193 Å². The van der Waals surface area contributed by atoms with Crippen molar-refractivity contribution in [3.63, 3.8) is 0 Å². The second-order valence-electron chi connectivity index (χ2n) is 22.2. The van der Waals surface area contributed by atoms with E-state index < -0.39 is 124 Å². The minimum atomic E-state index is -1.98. The Kier molecular flexibility index (Phi) is 39.8. The molecule has 17 unspecified atom stereocenters. The molecule has 0 aromatic rings. The number of rotatable bonds is 45. The summed E-state index contributed by atoms with van der Waals surface area (Å²) >= 11 is 0. The van der Waals surface area contributed by atoms with Crippen molar-refractivity contribution in [2.45, 2.75) is 304 Å². The maximum atomic E-state index is 13.3. The molecule has 3 fully saturated rings. The Morgan fingerprint density at radius 1 is 0.450 bits per heavy atom. The van der Waals surface area contributed by atoms with Crippen LogP contribution in [0.5, 0.6) is 0 Å². The van der Waals surface area contributed by atoms with E-state index in [-0.39, 0.29) is 18.9 Å². The molecule has 466 valence electrons. The van der Waals surface area contributed by atoms with Gasteiger partial charge in [-0.15, -0.1) is 0 Å². The van der Waals surface area contributed by atoms with E-state index in [1.54, 1.807) is 6.08 Å². The smallest absolute Gasteiger partial charge is 0.220 e. The summed E-state index contributed by atoms with van der Waals surface area (Å²) in [6.45, 7) is 1.67. The molecule has 0 spiro atoms. The van der Waals surface area contributed by atoms with Gasteiger partial charge < -0.3 is 89.9 Å². The van der Waals surface area contributed by atoms with Gasteiger partial charge in [-0.1, -0.05) is 178 Å². The Labute approximate surface area is 478 Å². The standard InChI is InChI=1S/C61H109NO18/c1-3-5-7-9-11-13-15-17-19-21-22-23-25-27-29-31-33-35-37-39-49(67)62-44(45(66)38-36-34-32-30-28-26-24-20-18-16-14-12-10-8-6-4-2)43-75-59-55(73)52(70)57(47(41-64)77-59)80-61-56(74)53(71)58(48(42-65)78-61)79-60-54(72)51(69)50(68)46(40-63)76-60/h11,13,17,19,28,30,36,38,44-48,50-61,63-66,68-74H,3-10,12,14-16,18,20-27,29,31-35,37,39-43H2,1-2H3,(H,62,67)/b13-11-,19-17-,30-28+,38-36+. The lowest BCUT2D eigenvalue weighted by molar-refractivity contribution is -0.379. The summed E-state index contributed by atoms with van der Waals surface area (Å²) in [5.41, 5.74) is 0. The molecule has 0 bridgehead atoms. The van der Waals surface area contributed by atoms with Gasteiger partial charge in [-0.3, -0.25) is 4.79 Å². The van der Waals surface area contributed by atoms with Crippen LogP contribution in [0.3, 0.4) is 0 Å². The van der Waals surface area contributed by atoms with Gasteiger partial charge in [0, 0.05) is 6.42 Å². The molecule has 0 aliphatic carbocycles. The molecule has 3 saturated heterocycles. The number of carbonyl (C=O) groups is 1. The van der Waals surface area contributed by atoms with E-state index in [9.17, 15) is 61.0 Å². The lowest BCUT2D eigenvalue weighted by Crippen LogP contribution is -2.66. The van der Waals surface area contributed by atoms with Gasteiger partial charge >= 0.3 is 0 Å². The number of hydrogen-bond donors (Lipinski definition) is 12. The number of allylic oxidation sites excluding steroid dienone is 7. The number of hydrogen-bond acceptors (Lipinski definition) is 18. The first-order valence-electron chi connectivity index (χ1n) is 30.9. The average molecular weight is 1140 g/mol. The predicted octanol–water partition coefficient (Wildman–Crippen LogP) is 5.87. The lowest BCUT2D eigenvalue weighted by atomic mass is 9.96. The van der Waals surface area contributed by atoms with Gasteiger partial charge in [-0.2, -0.15) is 0 Å². The van der Waals surface area contributed by atoms with E-state index >= 15 is 0 Å². The lowest BCUT2D eigenvalue weighted by Gasteiger charge is -2.48. The van der Waals surface area contributed by atoms with Gasteiger partial charge in [0.25, 0.3) is 0 Å². The molecule has 3 rings (SSSR count). The van der Waals surface area contributed by atoms with Crippen molar-refractivity contribution in [2.75, 3.05) is 26.4 Å². The molecule has 3 heterocycles. The topological polar surface area (TPSA) is 307 Å². The van der Waals surface area contributed by atoms with Crippen molar-refractivity contribution in [1.82, 2.24) is 5.32 Å². The van der Waals surface area contributed by atoms with Gasteiger partial charge in [-0.25, -0.2) is 0 Å². The largest absolute Gasteiger partial charge is 0.394 e. The number of unbranched alkanes of at least 4 members (excludes halogenated alkanes) is 23. The number of carbonyl (C=O) groups excluding carboxylic acids is 1. The normalized spacial score (nSPS) is 30.3. The third-order valence-corrected chi connectivity index (χ3v) is 15.3. The molecule has 3 aliphatic heterocycles. The highest BCUT2D eigenvalue weighted by Gasteiger charge is 2.53. The number of amides is 1. The fourth-order valence-corrected chi connectivity index (χ4v) is 10.2. The molecule has 0 saturated carbocycles. The van der Waals surface area contributed by atoms with Crippen molar-refractivity contribution >= 4 is 5.91 Å². The van der Waals surface area contributed by atoms with Crippen LogP contribution in [0.4, 0.5) is 0 Å². The van der Waals surface area contributed by atoms with Crippen LogP contribution >= 0.6 is 0 Å². The summed E-state index contributed by atoms with van der Waals surface area (Å²) in [6, 6.07) is -0.992. The highest BCUT2D eigenvalue weighted by atomic mass is 16.8. The van der Waals surface area contributed by atoms with Crippen molar-refractivity contribution in [3.8, 4) is 0 Å². The van der Waals surface area contributed by atoms with Crippen molar-refractivity contribution in [1.29, 1.82) is 0 Å². The minimum absolute atomic E-state index is 0.230. The van der Waals surface area contributed by atoms with Crippen LogP contribution in [0, 0.1) is 0 Å². The van der Waals surface area contributed by atoms with Gasteiger partial charge in [-0.05, 0) is 64.2 Å². The Balaban J connectivity index is 1.51. The number of ether oxygens (including phenoxy) is 6. The van der Waals surface area contributed by atoms with E-state index in [1.165, 1.54) is 109 Å². The van der Waals surface area contributed by atoms with Crippen molar-refractivity contribution in [2.24, 2.45) is 0 Å². The minimum Gasteiger partial charge on any atom is -0.394 e. The molecule has 12 N–H and O–H groups in total. The summed E-state index contributed by atoms with van der Waals surface area (Å²) in [5.74, 6) is -0.292. The highest BCUT2D eigenvalue weighted by Crippen LogP contribution is 2.33. The summed E-state index contributed by atoms with van der Waals surface area (Å²) < 4.78 is 34.2. The molecule has 1 amide bonds. The fraction of sp³-hybridized carbons (Fsp3) is 0.852. The van der Waals surface area contributed by atoms with Crippen LogP contribution in [-0.2, 0) is 33.2 Å². The average Bonchev–Trinajstić information content (AvgIpc) is 3.50. The Morgan fingerprint density at radius 3 is 1.35 bits per heavy atom. The first-order chi connectivity index (χ1) is 38.8. The van der Waals surface area contributed by atoms with Crippen LogP contribution < -0.4 is 5.32 Å². The first kappa shape index (κ1) is 72.0.